The van der Waals surface area contributed by atoms with Gasteiger partial charge in [0.25, 0.3) is 5.69 Å². The maximum Gasteiger partial charge on any atom is 0.315 e. The van der Waals surface area contributed by atoms with Crippen molar-refractivity contribution in [3.05, 3.63) is 34.4 Å². The van der Waals surface area contributed by atoms with Crippen molar-refractivity contribution >= 4 is 17.4 Å². The van der Waals surface area contributed by atoms with Crippen molar-refractivity contribution in [1.82, 2.24) is 10.6 Å². The quantitative estimate of drug-likeness (QED) is 0.426. The second kappa shape index (κ2) is 8.36. The van der Waals surface area contributed by atoms with Crippen molar-refractivity contribution in [3.8, 4) is 0 Å². The summed E-state index contributed by atoms with van der Waals surface area (Å²) in [6.07, 6.45) is 4.65. The number of rotatable bonds is 6. The summed E-state index contributed by atoms with van der Waals surface area (Å²) < 4.78 is 0. The van der Waals surface area contributed by atoms with Gasteiger partial charge in [-0.15, -0.1) is 0 Å². The molecule has 1 aromatic rings. The van der Waals surface area contributed by atoms with Crippen LogP contribution >= 0.6 is 0 Å². The number of nitrogens with one attached hydrogen (secondary N) is 3. The highest BCUT2D eigenvalue weighted by Gasteiger charge is 2.22. The first-order valence-electron chi connectivity index (χ1n) is 8.09. The van der Waals surface area contributed by atoms with Gasteiger partial charge in [-0.2, -0.15) is 0 Å². The van der Waals surface area contributed by atoms with Crippen LogP contribution in [0.5, 0.6) is 0 Å². The minimum absolute atomic E-state index is 0.0645. The third-order valence-electron chi connectivity index (χ3n) is 4.25. The Balaban J connectivity index is 1.64. The molecule has 0 heterocycles. The van der Waals surface area contributed by atoms with Gasteiger partial charge in [0.15, 0.2) is 0 Å². The lowest BCUT2D eigenvalue weighted by Gasteiger charge is -2.29. The number of urea groups is 1. The molecule has 0 aromatic heterocycles. The average molecular weight is 320 g/mol. The van der Waals surface area contributed by atoms with Gasteiger partial charge in [-0.1, -0.05) is 19.8 Å². The zero-order valence-electron chi connectivity index (χ0n) is 13.4. The number of hydrogen-bond donors (Lipinski definition) is 3. The van der Waals surface area contributed by atoms with Crippen molar-refractivity contribution in [2.75, 3.05) is 18.4 Å². The van der Waals surface area contributed by atoms with E-state index in [-0.39, 0.29) is 17.8 Å². The summed E-state index contributed by atoms with van der Waals surface area (Å²) in [5.41, 5.74) is 0.855. The van der Waals surface area contributed by atoms with Crippen LogP contribution in [0.3, 0.4) is 0 Å². The van der Waals surface area contributed by atoms with Crippen molar-refractivity contribution in [2.24, 2.45) is 5.92 Å². The Labute approximate surface area is 136 Å². The van der Waals surface area contributed by atoms with E-state index >= 15 is 0 Å². The van der Waals surface area contributed by atoms with Crippen molar-refractivity contribution < 1.29 is 9.72 Å². The molecular formula is C16H24N4O3. The number of non-ortho nitro benzene ring substituents is 1. The fourth-order valence-electron chi connectivity index (χ4n) is 2.83. The summed E-state index contributed by atoms with van der Waals surface area (Å²) in [5.74, 6) is 0.535. The van der Waals surface area contributed by atoms with Crippen LogP contribution in [0.15, 0.2) is 24.3 Å². The van der Waals surface area contributed by atoms with Gasteiger partial charge in [0.2, 0.25) is 0 Å². The van der Waals surface area contributed by atoms with E-state index in [0.29, 0.717) is 19.0 Å². The molecule has 7 nitrogen and oxygen atoms in total. The van der Waals surface area contributed by atoms with Crippen molar-refractivity contribution in [3.63, 3.8) is 0 Å². The maximum absolute atomic E-state index is 11.9. The van der Waals surface area contributed by atoms with Crippen LogP contribution in [0.25, 0.3) is 0 Å². The van der Waals surface area contributed by atoms with Crippen LogP contribution in [0.1, 0.15) is 32.6 Å². The highest BCUT2D eigenvalue weighted by atomic mass is 16.6. The molecule has 1 fully saturated rings. The van der Waals surface area contributed by atoms with Gasteiger partial charge in [0, 0.05) is 37.0 Å². The van der Waals surface area contributed by atoms with E-state index in [0.717, 1.165) is 12.1 Å². The van der Waals surface area contributed by atoms with Gasteiger partial charge in [-0.05, 0) is 30.9 Å². The lowest BCUT2D eigenvalue weighted by Crippen LogP contribution is -2.47. The predicted octanol–water partition coefficient (Wildman–Crippen LogP) is 2.88. The molecule has 0 bridgehead atoms. The van der Waals surface area contributed by atoms with Crippen LogP contribution in [-0.4, -0.2) is 30.1 Å². The molecule has 1 aliphatic carbocycles. The lowest BCUT2D eigenvalue weighted by atomic mass is 9.86. The van der Waals surface area contributed by atoms with Gasteiger partial charge >= 0.3 is 6.03 Å². The monoisotopic (exact) mass is 320 g/mol. The smallest absolute Gasteiger partial charge is 0.315 e. The summed E-state index contributed by atoms with van der Waals surface area (Å²) in [7, 11) is 0. The number of carbonyl (C=O) groups excluding carboxylic acids is 1. The maximum atomic E-state index is 11.9. The van der Waals surface area contributed by atoms with Gasteiger partial charge in [0.05, 0.1) is 4.92 Å². The fourth-order valence-corrected chi connectivity index (χ4v) is 2.83. The van der Waals surface area contributed by atoms with Crippen LogP contribution < -0.4 is 16.0 Å². The Hall–Kier alpha value is -2.31. The lowest BCUT2D eigenvalue weighted by molar-refractivity contribution is -0.384. The molecule has 2 rings (SSSR count). The number of nitro groups is 1. The molecule has 2 amide bonds. The first-order chi connectivity index (χ1) is 11.1. The third kappa shape index (κ3) is 5.43. The number of nitro benzene ring substituents is 1. The second-order valence-corrected chi connectivity index (χ2v) is 6.00. The molecule has 1 aromatic carbocycles. The highest BCUT2D eigenvalue weighted by molar-refractivity contribution is 5.74. The number of carbonyl (C=O) groups is 1. The van der Waals surface area contributed by atoms with E-state index in [2.05, 4.69) is 22.9 Å². The SMILES string of the molecule is C[C@H]1CCCC[C@H]1NC(=O)NCCNc1ccc([N+](=O)[O-])cc1. The molecule has 23 heavy (non-hydrogen) atoms. The van der Waals surface area contributed by atoms with Crippen LogP contribution in [-0.2, 0) is 0 Å². The Bertz CT molecular complexity index is 533. The average Bonchev–Trinajstić information content (AvgIpc) is 2.54. The highest BCUT2D eigenvalue weighted by Crippen LogP contribution is 2.23. The Morgan fingerprint density at radius 3 is 2.57 bits per heavy atom. The van der Waals surface area contributed by atoms with E-state index in [4.69, 9.17) is 0 Å². The molecule has 126 valence electrons. The minimum atomic E-state index is -0.429. The van der Waals surface area contributed by atoms with Gasteiger partial charge in [-0.25, -0.2) is 4.79 Å². The van der Waals surface area contributed by atoms with Gasteiger partial charge < -0.3 is 16.0 Å². The molecular weight excluding hydrogens is 296 g/mol. The summed E-state index contributed by atoms with van der Waals surface area (Å²) in [6, 6.07) is 6.35. The van der Waals surface area contributed by atoms with Crippen LogP contribution in [0, 0.1) is 16.0 Å². The van der Waals surface area contributed by atoms with E-state index in [9.17, 15) is 14.9 Å². The van der Waals surface area contributed by atoms with Crippen LogP contribution in [0.4, 0.5) is 16.2 Å². The van der Waals surface area contributed by atoms with E-state index < -0.39 is 4.92 Å². The molecule has 0 aliphatic heterocycles. The molecule has 1 aliphatic rings. The Morgan fingerprint density at radius 1 is 1.22 bits per heavy atom. The topological polar surface area (TPSA) is 96.3 Å². The Kier molecular flexibility index (Phi) is 6.19. The first kappa shape index (κ1) is 17.1. The molecule has 0 unspecified atom stereocenters. The van der Waals surface area contributed by atoms with E-state index in [1.54, 1.807) is 12.1 Å². The Morgan fingerprint density at radius 2 is 1.91 bits per heavy atom. The number of nitrogens with zero attached hydrogens (tertiary/aromatic N) is 1. The second-order valence-electron chi connectivity index (χ2n) is 6.00. The largest absolute Gasteiger partial charge is 0.383 e. The van der Waals surface area contributed by atoms with Crippen molar-refractivity contribution in [2.45, 2.75) is 38.6 Å². The standard InChI is InChI=1S/C16H24N4O3/c1-12-4-2-3-5-15(12)19-16(21)18-11-10-17-13-6-8-14(9-7-13)20(22)23/h6-9,12,15,17H,2-5,10-11H2,1H3,(H2,18,19,21)/t12-,15+/m0/s1. The molecule has 1 saturated carbocycles. The molecule has 0 radical (unpaired) electrons. The number of hydrogen-bond acceptors (Lipinski definition) is 4. The third-order valence-corrected chi connectivity index (χ3v) is 4.25. The first-order valence-corrected chi connectivity index (χ1v) is 8.09. The van der Waals surface area contributed by atoms with Crippen LogP contribution in [0.2, 0.25) is 0 Å². The molecule has 0 spiro atoms. The molecule has 0 saturated heterocycles. The summed E-state index contributed by atoms with van der Waals surface area (Å²) in [5, 5.41) is 19.5. The number of benzene rings is 1. The summed E-state index contributed by atoms with van der Waals surface area (Å²) in [6.45, 7) is 3.23. The van der Waals surface area contributed by atoms with Gasteiger partial charge in [0.1, 0.15) is 0 Å². The minimum Gasteiger partial charge on any atom is -0.383 e. The van der Waals surface area contributed by atoms with E-state index in [1.807, 2.05) is 0 Å². The predicted molar refractivity (Wildman–Crippen MR) is 89.5 cm³/mol. The zero-order chi connectivity index (χ0) is 16.7. The fraction of sp³-hybridized carbons (Fsp3) is 0.562. The summed E-state index contributed by atoms with van der Waals surface area (Å²) >= 11 is 0. The normalized spacial score (nSPS) is 20.6. The van der Waals surface area contributed by atoms with Crippen molar-refractivity contribution in [1.29, 1.82) is 0 Å². The number of anilines is 1. The zero-order valence-corrected chi connectivity index (χ0v) is 13.4. The summed E-state index contributed by atoms with van der Waals surface area (Å²) in [4.78, 5) is 22.0. The molecule has 7 heteroatoms. The van der Waals surface area contributed by atoms with E-state index in [1.165, 1.54) is 31.4 Å². The molecule has 2 atom stereocenters. The molecule has 3 N–H and O–H groups in total. The van der Waals surface area contributed by atoms with Gasteiger partial charge in [-0.3, -0.25) is 10.1 Å². The number of amides is 2.